The molecule has 23 heavy (non-hydrogen) atoms. The van der Waals surface area contributed by atoms with Gasteiger partial charge in [0.1, 0.15) is 12.4 Å². The van der Waals surface area contributed by atoms with Crippen molar-refractivity contribution in [2.24, 2.45) is 0 Å². The number of likely N-dealkylation sites (tertiary alicyclic amines) is 1. The summed E-state index contributed by atoms with van der Waals surface area (Å²) in [6, 6.07) is 8.99. The first-order valence-electron chi connectivity index (χ1n) is 7.51. The number of aliphatic hydroxyl groups is 1. The molecule has 0 unspecified atom stereocenters. The maximum atomic E-state index is 9.91. The Kier molecular flexibility index (Phi) is 4.55. The van der Waals surface area contributed by atoms with Crippen LogP contribution in [0, 0.1) is 18.3 Å². The van der Waals surface area contributed by atoms with Crippen molar-refractivity contribution >= 4 is 0 Å². The van der Waals surface area contributed by atoms with Crippen molar-refractivity contribution in [1.29, 1.82) is 5.26 Å². The van der Waals surface area contributed by atoms with E-state index in [2.05, 4.69) is 21.1 Å². The zero-order valence-corrected chi connectivity index (χ0v) is 12.8. The number of rotatable bonds is 5. The summed E-state index contributed by atoms with van der Waals surface area (Å²) in [5.41, 5.74) is 0.604. The van der Waals surface area contributed by atoms with Crippen molar-refractivity contribution in [1.82, 2.24) is 15.0 Å². The summed E-state index contributed by atoms with van der Waals surface area (Å²) in [5, 5.41) is 22.5. The smallest absolute Gasteiger partial charge is 0.244 e. The van der Waals surface area contributed by atoms with Gasteiger partial charge in [-0.1, -0.05) is 5.16 Å². The Bertz CT molecular complexity index is 692. The normalized spacial score (nSPS) is 21.3. The number of aromatic nitrogens is 2. The van der Waals surface area contributed by atoms with Gasteiger partial charge in [0, 0.05) is 13.1 Å². The van der Waals surface area contributed by atoms with Crippen LogP contribution in [-0.4, -0.2) is 45.9 Å². The van der Waals surface area contributed by atoms with Crippen LogP contribution in [0.25, 0.3) is 0 Å². The lowest BCUT2D eigenvalue weighted by atomic mass is 10.2. The molecule has 1 N–H and O–H groups in total. The first kappa shape index (κ1) is 15.5. The van der Waals surface area contributed by atoms with Crippen molar-refractivity contribution in [3.63, 3.8) is 0 Å². The lowest BCUT2D eigenvalue weighted by molar-refractivity contribution is 0.155. The van der Waals surface area contributed by atoms with E-state index in [0.717, 1.165) is 0 Å². The first-order chi connectivity index (χ1) is 11.2. The number of benzene rings is 1. The highest BCUT2D eigenvalue weighted by molar-refractivity contribution is 5.34. The van der Waals surface area contributed by atoms with E-state index < -0.39 is 6.10 Å². The highest BCUT2D eigenvalue weighted by Crippen LogP contribution is 2.30. The molecule has 0 bridgehead atoms. The lowest BCUT2D eigenvalue weighted by Gasteiger charge is -2.21. The molecule has 7 heteroatoms. The number of nitrogens with zero attached hydrogens (tertiary/aromatic N) is 4. The van der Waals surface area contributed by atoms with Gasteiger partial charge >= 0.3 is 0 Å². The molecule has 1 aliphatic rings. The minimum atomic E-state index is -0.401. The molecule has 0 saturated carbocycles. The zero-order valence-electron chi connectivity index (χ0n) is 12.8. The fourth-order valence-electron chi connectivity index (χ4n) is 2.74. The Morgan fingerprint density at radius 1 is 1.43 bits per heavy atom. The molecule has 0 aliphatic carbocycles. The maximum absolute atomic E-state index is 9.91. The predicted octanol–water partition coefficient (Wildman–Crippen LogP) is 1.44. The molecule has 1 aromatic carbocycles. The number of aliphatic hydroxyl groups excluding tert-OH is 1. The molecule has 2 atom stereocenters. The van der Waals surface area contributed by atoms with E-state index in [1.165, 1.54) is 0 Å². The van der Waals surface area contributed by atoms with E-state index in [-0.39, 0.29) is 6.04 Å². The van der Waals surface area contributed by atoms with Gasteiger partial charge in [-0.05, 0) is 37.6 Å². The van der Waals surface area contributed by atoms with E-state index >= 15 is 0 Å². The number of β-amino-alcohol motifs (C(OH)–C–C–N with tert-alkyl or cyclic N) is 1. The fourth-order valence-corrected chi connectivity index (χ4v) is 2.74. The van der Waals surface area contributed by atoms with Crippen LogP contribution >= 0.6 is 0 Å². The topological polar surface area (TPSA) is 95.4 Å². The van der Waals surface area contributed by atoms with Crippen LogP contribution in [0.15, 0.2) is 28.8 Å². The summed E-state index contributed by atoms with van der Waals surface area (Å²) < 4.78 is 10.9. The lowest BCUT2D eigenvalue weighted by Crippen LogP contribution is -2.29. The monoisotopic (exact) mass is 314 g/mol. The Morgan fingerprint density at radius 3 is 2.87 bits per heavy atom. The minimum Gasteiger partial charge on any atom is -0.492 e. The summed E-state index contributed by atoms with van der Waals surface area (Å²) in [6.45, 7) is 3.45. The van der Waals surface area contributed by atoms with Crippen LogP contribution in [-0.2, 0) is 0 Å². The molecule has 0 spiro atoms. The number of hydrogen-bond donors (Lipinski definition) is 1. The van der Waals surface area contributed by atoms with Gasteiger partial charge in [-0.2, -0.15) is 10.2 Å². The molecule has 2 heterocycles. The summed E-state index contributed by atoms with van der Waals surface area (Å²) >= 11 is 0. The standard InChI is InChI=1S/C16H18N4O3/c1-11-18-16(23-19-11)15-8-13(21)10-20(15)6-7-22-14-4-2-12(9-17)3-5-14/h2-5,13,15,21H,6-8,10H2,1H3/t13-,15-/m1/s1. The van der Waals surface area contributed by atoms with E-state index in [1.54, 1.807) is 31.2 Å². The predicted molar refractivity (Wildman–Crippen MR) is 80.6 cm³/mol. The third kappa shape index (κ3) is 3.67. The summed E-state index contributed by atoms with van der Waals surface area (Å²) in [7, 11) is 0. The van der Waals surface area contributed by atoms with Crippen molar-refractivity contribution in [3.8, 4) is 11.8 Å². The van der Waals surface area contributed by atoms with Crippen molar-refractivity contribution in [2.75, 3.05) is 19.7 Å². The van der Waals surface area contributed by atoms with E-state index in [9.17, 15) is 5.11 Å². The van der Waals surface area contributed by atoms with Crippen LogP contribution in [0.5, 0.6) is 5.75 Å². The third-order valence-corrected chi connectivity index (χ3v) is 3.84. The van der Waals surface area contributed by atoms with E-state index in [4.69, 9.17) is 14.5 Å². The Labute approximate surface area is 134 Å². The number of ether oxygens (including phenoxy) is 1. The van der Waals surface area contributed by atoms with Crippen molar-refractivity contribution in [3.05, 3.63) is 41.5 Å². The highest BCUT2D eigenvalue weighted by Gasteiger charge is 2.35. The van der Waals surface area contributed by atoms with Crippen LogP contribution in [0.4, 0.5) is 0 Å². The Balaban J connectivity index is 1.56. The van der Waals surface area contributed by atoms with Crippen molar-refractivity contribution in [2.45, 2.75) is 25.5 Å². The molecule has 7 nitrogen and oxygen atoms in total. The molecule has 120 valence electrons. The average molecular weight is 314 g/mol. The summed E-state index contributed by atoms with van der Waals surface area (Å²) in [5.74, 6) is 1.85. The van der Waals surface area contributed by atoms with Crippen LogP contribution in [0.1, 0.15) is 29.7 Å². The Morgan fingerprint density at radius 2 is 2.22 bits per heavy atom. The molecule has 0 radical (unpaired) electrons. The largest absolute Gasteiger partial charge is 0.492 e. The minimum absolute atomic E-state index is 0.0734. The highest BCUT2D eigenvalue weighted by atomic mass is 16.5. The summed E-state index contributed by atoms with van der Waals surface area (Å²) in [4.78, 5) is 6.35. The molecular weight excluding hydrogens is 296 g/mol. The molecule has 0 amide bonds. The van der Waals surface area contributed by atoms with Gasteiger partial charge in [0.05, 0.1) is 23.8 Å². The van der Waals surface area contributed by atoms with Gasteiger partial charge in [-0.3, -0.25) is 4.90 Å². The quantitative estimate of drug-likeness (QED) is 0.892. The van der Waals surface area contributed by atoms with Crippen LogP contribution in [0.2, 0.25) is 0 Å². The average Bonchev–Trinajstić information content (AvgIpc) is 3.14. The zero-order chi connectivity index (χ0) is 16.2. The third-order valence-electron chi connectivity index (χ3n) is 3.84. The first-order valence-corrected chi connectivity index (χ1v) is 7.51. The van der Waals surface area contributed by atoms with Gasteiger partial charge in [0.2, 0.25) is 5.89 Å². The number of hydrogen-bond acceptors (Lipinski definition) is 7. The van der Waals surface area contributed by atoms with E-state index in [1.807, 2.05) is 0 Å². The molecule has 1 fully saturated rings. The van der Waals surface area contributed by atoms with Crippen LogP contribution < -0.4 is 4.74 Å². The van der Waals surface area contributed by atoms with Crippen LogP contribution in [0.3, 0.4) is 0 Å². The second-order valence-corrected chi connectivity index (χ2v) is 5.56. The molecule has 2 aromatic rings. The molecule has 1 aliphatic heterocycles. The van der Waals surface area contributed by atoms with Gasteiger partial charge in [-0.15, -0.1) is 0 Å². The SMILES string of the molecule is Cc1noc([C@H]2C[C@@H](O)CN2CCOc2ccc(C#N)cc2)n1. The van der Waals surface area contributed by atoms with Gasteiger partial charge in [-0.25, -0.2) is 0 Å². The van der Waals surface area contributed by atoms with Crippen molar-refractivity contribution < 1.29 is 14.4 Å². The maximum Gasteiger partial charge on any atom is 0.244 e. The molecule has 1 saturated heterocycles. The second-order valence-electron chi connectivity index (χ2n) is 5.56. The number of nitriles is 1. The van der Waals surface area contributed by atoms with Gasteiger partial charge in [0.25, 0.3) is 0 Å². The molecule has 1 aromatic heterocycles. The Hall–Kier alpha value is -2.43. The number of aryl methyl sites for hydroxylation is 1. The molecular formula is C16H18N4O3. The van der Waals surface area contributed by atoms with E-state index in [0.29, 0.717) is 49.1 Å². The summed E-state index contributed by atoms with van der Waals surface area (Å²) in [6.07, 6.45) is 0.181. The fraction of sp³-hybridized carbons (Fsp3) is 0.438. The molecule has 3 rings (SSSR count). The van der Waals surface area contributed by atoms with Gasteiger partial charge < -0.3 is 14.4 Å². The van der Waals surface area contributed by atoms with Gasteiger partial charge in [0.15, 0.2) is 5.82 Å². The second kappa shape index (κ2) is 6.77.